The van der Waals surface area contributed by atoms with Crippen molar-refractivity contribution < 1.29 is 4.74 Å². The molecule has 1 saturated heterocycles. The molecule has 0 aromatic carbocycles. The highest BCUT2D eigenvalue weighted by atomic mass is 16.5. The fourth-order valence-corrected chi connectivity index (χ4v) is 2.91. The molecule has 1 N–H and O–H groups in total. The Morgan fingerprint density at radius 2 is 1.93 bits per heavy atom. The molecule has 2 atom stereocenters. The molecule has 0 aromatic rings. The lowest BCUT2D eigenvalue weighted by molar-refractivity contribution is 0.0731. The van der Waals surface area contributed by atoms with Gasteiger partial charge in [-0.1, -0.05) is 19.8 Å². The van der Waals surface area contributed by atoms with Gasteiger partial charge >= 0.3 is 0 Å². The second kappa shape index (κ2) is 5.13. The fraction of sp³-hybridized carbons (Fsp3) is 1.00. The van der Waals surface area contributed by atoms with Crippen molar-refractivity contribution in [2.24, 2.45) is 5.92 Å². The Hall–Kier alpha value is -0.0800. The molecular weight excluding hydrogens is 174 g/mol. The molecule has 1 aliphatic carbocycles. The van der Waals surface area contributed by atoms with Crippen molar-refractivity contribution in [3.63, 3.8) is 0 Å². The van der Waals surface area contributed by atoms with Crippen molar-refractivity contribution in [2.45, 2.75) is 57.5 Å². The van der Waals surface area contributed by atoms with Crippen LogP contribution in [0.1, 0.15) is 45.4 Å². The minimum atomic E-state index is 0.737. The molecule has 0 amide bonds. The highest BCUT2D eigenvalue weighted by Gasteiger charge is 2.27. The summed E-state index contributed by atoms with van der Waals surface area (Å²) >= 11 is 0. The smallest absolute Gasteiger partial charge is 0.0480 e. The summed E-state index contributed by atoms with van der Waals surface area (Å²) in [5.41, 5.74) is 0. The lowest BCUT2D eigenvalue weighted by Gasteiger charge is -2.29. The number of nitrogens with one attached hydrogen (secondary N) is 1. The van der Waals surface area contributed by atoms with Crippen LogP contribution in [-0.4, -0.2) is 25.3 Å². The molecule has 0 aromatic heterocycles. The summed E-state index contributed by atoms with van der Waals surface area (Å²) in [5, 5.41) is 3.84. The van der Waals surface area contributed by atoms with E-state index in [0.29, 0.717) is 0 Å². The molecule has 0 spiro atoms. The second-order valence-electron chi connectivity index (χ2n) is 4.76. The predicted molar refractivity (Wildman–Crippen MR) is 58.4 cm³/mol. The van der Waals surface area contributed by atoms with Crippen LogP contribution >= 0.6 is 0 Å². The van der Waals surface area contributed by atoms with Crippen molar-refractivity contribution in [2.75, 3.05) is 13.2 Å². The van der Waals surface area contributed by atoms with Gasteiger partial charge in [-0.2, -0.15) is 0 Å². The quantitative estimate of drug-likeness (QED) is 0.750. The maximum atomic E-state index is 5.38. The highest BCUT2D eigenvalue weighted by molar-refractivity contribution is 4.85. The molecule has 2 nitrogen and oxygen atoms in total. The third kappa shape index (κ3) is 2.48. The van der Waals surface area contributed by atoms with Gasteiger partial charge in [0, 0.05) is 25.3 Å². The average Bonchev–Trinajstić information content (AvgIpc) is 2.67. The average molecular weight is 197 g/mol. The number of ether oxygens (including phenoxy) is 1. The topological polar surface area (TPSA) is 21.3 Å². The van der Waals surface area contributed by atoms with Gasteiger partial charge < -0.3 is 10.1 Å². The molecule has 1 heterocycles. The molecule has 2 rings (SSSR count). The van der Waals surface area contributed by atoms with Crippen molar-refractivity contribution in [3.8, 4) is 0 Å². The van der Waals surface area contributed by atoms with Gasteiger partial charge in [0.15, 0.2) is 0 Å². The van der Waals surface area contributed by atoms with Crippen LogP contribution in [-0.2, 0) is 4.74 Å². The number of rotatable bonds is 3. The van der Waals surface area contributed by atoms with E-state index in [9.17, 15) is 0 Å². The first-order valence-corrected chi connectivity index (χ1v) is 6.24. The summed E-state index contributed by atoms with van der Waals surface area (Å²) in [6.45, 7) is 4.25. The Kier molecular flexibility index (Phi) is 3.82. The Balaban J connectivity index is 1.77. The third-order valence-electron chi connectivity index (χ3n) is 3.85. The zero-order valence-electron chi connectivity index (χ0n) is 9.30. The van der Waals surface area contributed by atoms with E-state index in [2.05, 4.69) is 12.2 Å². The minimum Gasteiger partial charge on any atom is -0.381 e. The maximum Gasteiger partial charge on any atom is 0.0480 e. The van der Waals surface area contributed by atoms with Gasteiger partial charge in [0.2, 0.25) is 0 Å². The van der Waals surface area contributed by atoms with Crippen molar-refractivity contribution in [3.05, 3.63) is 0 Å². The van der Waals surface area contributed by atoms with E-state index in [1.54, 1.807) is 0 Å². The van der Waals surface area contributed by atoms with Crippen LogP contribution < -0.4 is 5.32 Å². The zero-order valence-corrected chi connectivity index (χ0v) is 9.30. The van der Waals surface area contributed by atoms with E-state index in [1.165, 1.54) is 38.5 Å². The van der Waals surface area contributed by atoms with E-state index >= 15 is 0 Å². The van der Waals surface area contributed by atoms with Crippen LogP contribution in [0, 0.1) is 5.92 Å². The second-order valence-corrected chi connectivity index (χ2v) is 4.76. The molecule has 82 valence electrons. The largest absolute Gasteiger partial charge is 0.381 e. The van der Waals surface area contributed by atoms with Crippen LogP contribution in [0.2, 0.25) is 0 Å². The van der Waals surface area contributed by atoms with Crippen LogP contribution in [0.3, 0.4) is 0 Å². The Morgan fingerprint density at radius 1 is 1.14 bits per heavy atom. The first kappa shape index (κ1) is 10.4. The Morgan fingerprint density at radius 3 is 2.64 bits per heavy atom. The third-order valence-corrected chi connectivity index (χ3v) is 3.85. The molecule has 2 unspecified atom stereocenters. The molecule has 2 heteroatoms. The van der Waals surface area contributed by atoms with Crippen molar-refractivity contribution >= 4 is 0 Å². The van der Waals surface area contributed by atoms with Gasteiger partial charge in [0.25, 0.3) is 0 Å². The first-order valence-electron chi connectivity index (χ1n) is 6.24. The maximum absolute atomic E-state index is 5.38. The number of hydrogen-bond acceptors (Lipinski definition) is 2. The lowest BCUT2D eigenvalue weighted by atomic mass is 9.98. The summed E-state index contributed by atoms with van der Waals surface area (Å²) in [4.78, 5) is 0. The molecule has 2 fully saturated rings. The van der Waals surface area contributed by atoms with Crippen LogP contribution in [0.5, 0.6) is 0 Å². The van der Waals surface area contributed by atoms with Crippen molar-refractivity contribution in [1.82, 2.24) is 5.32 Å². The van der Waals surface area contributed by atoms with Gasteiger partial charge in [-0.3, -0.25) is 0 Å². The van der Waals surface area contributed by atoms with Gasteiger partial charge in [0.05, 0.1) is 0 Å². The van der Waals surface area contributed by atoms with Gasteiger partial charge in [0.1, 0.15) is 0 Å². The van der Waals surface area contributed by atoms with Gasteiger partial charge in [-0.25, -0.2) is 0 Å². The van der Waals surface area contributed by atoms with Crippen LogP contribution in [0.25, 0.3) is 0 Å². The van der Waals surface area contributed by atoms with E-state index in [-0.39, 0.29) is 0 Å². The molecule has 0 bridgehead atoms. The molecule has 1 aliphatic heterocycles. The fourth-order valence-electron chi connectivity index (χ4n) is 2.91. The first-order chi connectivity index (χ1) is 6.90. The van der Waals surface area contributed by atoms with Crippen LogP contribution in [0.4, 0.5) is 0 Å². The monoisotopic (exact) mass is 197 g/mol. The molecule has 1 saturated carbocycles. The predicted octanol–water partition coefficient (Wildman–Crippen LogP) is 2.33. The SMILES string of the molecule is CCC1CCCC1NC1CCOCC1. The van der Waals surface area contributed by atoms with E-state index < -0.39 is 0 Å². The Labute approximate surface area is 87.4 Å². The van der Waals surface area contributed by atoms with E-state index in [0.717, 1.165) is 31.2 Å². The van der Waals surface area contributed by atoms with Crippen LogP contribution in [0.15, 0.2) is 0 Å². The van der Waals surface area contributed by atoms with Crippen molar-refractivity contribution in [1.29, 1.82) is 0 Å². The summed E-state index contributed by atoms with van der Waals surface area (Å²) < 4.78 is 5.38. The molecule has 2 aliphatic rings. The molecular formula is C12H23NO. The normalized spacial score (nSPS) is 34.9. The summed E-state index contributed by atoms with van der Waals surface area (Å²) in [6, 6.07) is 1.55. The van der Waals surface area contributed by atoms with Gasteiger partial charge in [-0.05, 0) is 31.6 Å². The lowest BCUT2D eigenvalue weighted by Crippen LogP contribution is -2.43. The summed E-state index contributed by atoms with van der Waals surface area (Å²) in [6.07, 6.45) is 8.05. The minimum absolute atomic E-state index is 0.737. The van der Waals surface area contributed by atoms with E-state index in [1.807, 2.05) is 0 Å². The molecule has 0 radical (unpaired) electrons. The highest BCUT2D eigenvalue weighted by Crippen LogP contribution is 2.29. The van der Waals surface area contributed by atoms with E-state index in [4.69, 9.17) is 4.74 Å². The number of hydrogen-bond donors (Lipinski definition) is 1. The summed E-state index contributed by atoms with van der Waals surface area (Å²) in [5.74, 6) is 0.942. The van der Waals surface area contributed by atoms with Gasteiger partial charge in [-0.15, -0.1) is 0 Å². The Bertz CT molecular complexity index is 166. The summed E-state index contributed by atoms with van der Waals surface area (Å²) in [7, 11) is 0. The zero-order chi connectivity index (χ0) is 9.80. The molecule has 14 heavy (non-hydrogen) atoms. The standard InChI is InChI=1S/C12H23NO/c1-2-10-4-3-5-12(10)13-11-6-8-14-9-7-11/h10-13H,2-9H2,1H3.